The first-order valence-corrected chi connectivity index (χ1v) is 7.16. The Balaban J connectivity index is 1.84. The topological polar surface area (TPSA) is 94.3 Å². The normalized spacial score (nSPS) is 10.7. The molecule has 3 aromatic rings. The van der Waals surface area contributed by atoms with Crippen molar-refractivity contribution >= 4 is 34.7 Å². The number of nitrogen functional groups attached to an aromatic ring is 1. The van der Waals surface area contributed by atoms with Crippen molar-refractivity contribution in [3.63, 3.8) is 0 Å². The van der Waals surface area contributed by atoms with E-state index in [2.05, 4.69) is 10.5 Å². The second kappa shape index (κ2) is 5.63. The van der Waals surface area contributed by atoms with E-state index < -0.39 is 0 Å². The molecule has 1 amide bonds. The SMILES string of the molecule is Nc1onc(-c2ccc(Cl)s2)c1C(=O)NCc1ccco1. The summed E-state index contributed by atoms with van der Waals surface area (Å²) in [7, 11) is 0. The van der Waals surface area contributed by atoms with E-state index in [-0.39, 0.29) is 23.9 Å². The standard InChI is InChI=1S/C13H10ClN3O3S/c14-9-4-3-8(21-9)11-10(12(15)20-17-11)13(18)16-6-7-2-1-5-19-7/h1-5H,6,15H2,(H,16,18). The first-order chi connectivity index (χ1) is 10.1. The average Bonchev–Trinajstić information content (AvgIpc) is 3.17. The van der Waals surface area contributed by atoms with Gasteiger partial charge in [-0.05, 0) is 24.3 Å². The summed E-state index contributed by atoms with van der Waals surface area (Å²) in [5, 5.41) is 6.54. The molecule has 3 heterocycles. The van der Waals surface area contributed by atoms with E-state index in [4.69, 9.17) is 26.3 Å². The summed E-state index contributed by atoms with van der Waals surface area (Å²) >= 11 is 7.18. The van der Waals surface area contributed by atoms with E-state index in [0.29, 0.717) is 20.7 Å². The largest absolute Gasteiger partial charge is 0.467 e. The van der Waals surface area contributed by atoms with Crippen molar-refractivity contribution in [1.29, 1.82) is 0 Å². The van der Waals surface area contributed by atoms with Gasteiger partial charge in [-0.1, -0.05) is 16.8 Å². The van der Waals surface area contributed by atoms with Crippen LogP contribution < -0.4 is 11.1 Å². The number of carbonyl (C=O) groups is 1. The summed E-state index contributed by atoms with van der Waals surface area (Å²) in [6, 6.07) is 6.98. The summed E-state index contributed by atoms with van der Waals surface area (Å²) in [6.07, 6.45) is 1.54. The summed E-state index contributed by atoms with van der Waals surface area (Å²) < 4.78 is 10.7. The van der Waals surface area contributed by atoms with Gasteiger partial charge in [-0.15, -0.1) is 11.3 Å². The van der Waals surface area contributed by atoms with Crippen molar-refractivity contribution in [2.45, 2.75) is 6.54 Å². The zero-order valence-corrected chi connectivity index (χ0v) is 12.2. The molecule has 0 bridgehead atoms. The molecule has 108 valence electrons. The van der Waals surface area contributed by atoms with Gasteiger partial charge in [0.1, 0.15) is 17.0 Å². The van der Waals surface area contributed by atoms with Gasteiger partial charge in [0.05, 0.1) is 22.0 Å². The fourth-order valence-electron chi connectivity index (χ4n) is 1.80. The Bertz CT molecular complexity index is 764. The van der Waals surface area contributed by atoms with Gasteiger partial charge >= 0.3 is 0 Å². The predicted molar refractivity (Wildman–Crippen MR) is 79.1 cm³/mol. The number of thiophene rings is 1. The lowest BCUT2D eigenvalue weighted by Crippen LogP contribution is -2.23. The minimum Gasteiger partial charge on any atom is -0.467 e. The van der Waals surface area contributed by atoms with Crippen LogP contribution in [0.1, 0.15) is 16.1 Å². The number of anilines is 1. The lowest BCUT2D eigenvalue weighted by molar-refractivity contribution is 0.0949. The van der Waals surface area contributed by atoms with Crippen LogP contribution in [0.4, 0.5) is 5.88 Å². The van der Waals surface area contributed by atoms with Crippen LogP contribution in [0.3, 0.4) is 0 Å². The lowest BCUT2D eigenvalue weighted by atomic mass is 10.2. The number of halogens is 1. The number of aromatic nitrogens is 1. The molecule has 6 nitrogen and oxygen atoms in total. The van der Waals surface area contributed by atoms with Crippen molar-refractivity contribution < 1.29 is 13.7 Å². The monoisotopic (exact) mass is 323 g/mol. The third-order valence-electron chi connectivity index (χ3n) is 2.76. The summed E-state index contributed by atoms with van der Waals surface area (Å²) in [5.41, 5.74) is 6.26. The summed E-state index contributed by atoms with van der Waals surface area (Å²) in [4.78, 5) is 13.0. The van der Waals surface area contributed by atoms with Gasteiger partial charge in [-0.2, -0.15) is 0 Å². The molecule has 0 aliphatic rings. The third-order valence-corrected chi connectivity index (χ3v) is 3.99. The molecule has 3 rings (SSSR count). The number of furan rings is 1. The highest BCUT2D eigenvalue weighted by molar-refractivity contribution is 7.19. The smallest absolute Gasteiger partial charge is 0.259 e. The highest BCUT2D eigenvalue weighted by Crippen LogP contribution is 2.34. The molecule has 0 saturated heterocycles. The van der Waals surface area contributed by atoms with Crippen LogP contribution >= 0.6 is 22.9 Å². The summed E-state index contributed by atoms with van der Waals surface area (Å²) in [6.45, 7) is 0.251. The molecule has 0 atom stereocenters. The van der Waals surface area contributed by atoms with Crippen molar-refractivity contribution in [3.8, 4) is 10.6 Å². The Morgan fingerprint density at radius 1 is 1.43 bits per heavy atom. The number of amides is 1. The van der Waals surface area contributed by atoms with Gasteiger partial charge in [0, 0.05) is 0 Å². The molecule has 0 aliphatic heterocycles. The van der Waals surface area contributed by atoms with Crippen molar-refractivity contribution in [2.75, 3.05) is 5.73 Å². The zero-order valence-electron chi connectivity index (χ0n) is 10.6. The van der Waals surface area contributed by atoms with E-state index >= 15 is 0 Å². The maximum Gasteiger partial charge on any atom is 0.259 e. The van der Waals surface area contributed by atoms with Gasteiger partial charge < -0.3 is 20.0 Å². The molecule has 0 aliphatic carbocycles. The average molecular weight is 324 g/mol. The molecular weight excluding hydrogens is 314 g/mol. The van der Waals surface area contributed by atoms with Crippen LogP contribution in [-0.2, 0) is 6.54 Å². The molecule has 21 heavy (non-hydrogen) atoms. The van der Waals surface area contributed by atoms with Crippen LogP contribution in [0.2, 0.25) is 4.34 Å². The Morgan fingerprint density at radius 2 is 2.29 bits per heavy atom. The maximum absolute atomic E-state index is 12.3. The first kappa shape index (κ1) is 13.7. The van der Waals surface area contributed by atoms with E-state index in [0.717, 1.165) is 0 Å². The van der Waals surface area contributed by atoms with Crippen molar-refractivity contribution in [3.05, 3.63) is 46.2 Å². The van der Waals surface area contributed by atoms with Crippen LogP contribution in [0, 0.1) is 0 Å². The number of carbonyl (C=O) groups excluding carboxylic acids is 1. The number of rotatable bonds is 4. The Kier molecular flexibility index (Phi) is 3.68. The molecule has 0 spiro atoms. The molecule has 0 fully saturated rings. The number of hydrogen-bond donors (Lipinski definition) is 2. The highest BCUT2D eigenvalue weighted by atomic mass is 35.5. The second-order valence-corrected chi connectivity index (χ2v) is 5.85. The second-order valence-electron chi connectivity index (χ2n) is 4.14. The summed E-state index contributed by atoms with van der Waals surface area (Å²) in [5.74, 6) is 0.218. The van der Waals surface area contributed by atoms with Crippen molar-refractivity contribution in [1.82, 2.24) is 10.5 Å². The zero-order chi connectivity index (χ0) is 14.8. The number of hydrogen-bond acceptors (Lipinski definition) is 6. The van der Waals surface area contributed by atoms with Gasteiger partial charge in [-0.25, -0.2) is 0 Å². The van der Waals surface area contributed by atoms with Gasteiger partial charge in [0.15, 0.2) is 0 Å². The molecule has 3 aromatic heterocycles. The molecule has 0 saturated carbocycles. The minimum absolute atomic E-state index is 0.0357. The van der Waals surface area contributed by atoms with Gasteiger partial charge in [-0.3, -0.25) is 4.79 Å². The van der Waals surface area contributed by atoms with E-state index in [1.165, 1.54) is 17.6 Å². The van der Waals surface area contributed by atoms with Gasteiger partial charge in [0.25, 0.3) is 5.91 Å². The fourth-order valence-corrected chi connectivity index (χ4v) is 2.83. The predicted octanol–water partition coefficient (Wildman–Crippen LogP) is 3.16. The third kappa shape index (κ3) is 2.79. The van der Waals surface area contributed by atoms with Crippen LogP contribution in [0.15, 0.2) is 39.5 Å². The van der Waals surface area contributed by atoms with Crippen LogP contribution in [0.5, 0.6) is 0 Å². The Labute approximate surface area is 128 Å². The highest BCUT2D eigenvalue weighted by Gasteiger charge is 2.23. The molecule has 0 radical (unpaired) electrons. The van der Waals surface area contributed by atoms with E-state index in [1.54, 1.807) is 24.3 Å². The molecule has 8 heteroatoms. The molecule has 3 N–H and O–H groups in total. The van der Waals surface area contributed by atoms with Crippen molar-refractivity contribution in [2.24, 2.45) is 0 Å². The van der Waals surface area contributed by atoms with Crippen LogP contribution in [0.25, 0.3) is 10.6 Å². The number of nitrogens with zero attached hydrogens (tertiary/aromatic N) is 1. The maximum atomic E-state index is 12.3. The number of nitrogens with two attached hydrogens (primary N) is 1. The molecule has 0 unspecified atom stereocenters. The van der Waals surface area contributed by atoms with E-state index in [1.807, 2.05) is 0 Å². The first-order valence-electron chi connectivity index (χ1n) is 5.96. The quantitative estimate of drug-likeness (QED) is 0.769. The van der Waals surface area contributed by atoms with E-state index in [9.17, 15) is 4.79 Å². The minimum atomic E-state index is -0.385. The lowest BCUT2D eigenvalue weighted by Gasteiger charge is -2.02. The van der Waals surface area contributed by atoms with Crippen LogP contribution in [-0.4, -0.2) is 11.1 Å². The Morgan fingerprint density at radius 3 is 2.95 bits per heavy atom. The molecule has 0 aromatic carbocycles. The number of nitrogens with one attached hydrogen (secondary N) is 1. The fraction of sp³-hybridized carbons (Fsp3) is 0.0769. The van der Waals surface area contributed by atoms with Gasteiger partial charge in [0.2, 0.25) is 5.88 Å². The Hall–Kier alpha value is -2.25. The molecular formula is C13H10ClN3O3S.